The Morgan fingerprint density at radius 2 is 1.95 bits per heavy atom. The van der Waals surface area contributed by atoms with Gasteiger partial charge in [-0.25, -0.2) is 4.79 Å². The molecule has 1 amide bonds. The van der Waals surface area contributed by atoms with Crippen LogP contribution >= 0.6 is 0 Å². The first-order chi connectivity index (χ1) is 10.1. The van der Waals surface area contributed by atoms with E-state index in [1.54, 1.807) is 17.0 Å². The molecule has 4 heteroatoms. The van der Waals surface area contributed by atoms with Gasteiger partial charge in [-0.1, -0.05) is 24.3 Å². The van der Waals surface area contributed by atoms with Gasteiger partial charge >= 0.3 is 5.97 Å². The lowest BCUT2D eigenvalue weighted by molar-refractivity contribution is -0.135. The third-order valence-electron chi connectivity index (χ3n) is 3.79. The molecule has 0 saturated heterocycles. The first kappa shape index (κ1) is 15.3. The summed E-state index contributed by atoms with van der Waals surface area (Å²) in [6.45, 7) is 0.556. The van der Waals surface area contributed by atoms with Crippen molar-refractivity contribution in [2.75, 3.05) is 14.2 Å². The molecule has 2 rings (SSSR count). The number of carbonyl (C=O) groups excluding carboxylic acids is 2. The van der Waals surface area contributed by atoms with Crippen molar-refractivity contribution in [1.29, 1.82) is 0 Å². The number of esters is 1. The van der Waals surface area contributed by atoms with Gasteiger partial charge in [-0.15, -0.1) is 0 Å². The highest BCUT2D eigenvalue weighted by atomic mass is 16.5. The molecular formula is C17H21NO3. The quantitative estimate of drug-likeness (QED) is 0.632. The van der Waals surface area contributed by atoms with Gasteiger partial charge < -0.3 is 9.64 Å². The molecule has 1 aromatic carbocycles. The number of methoxy groups -OCH3 is 1. The van der Waals surface area contributed by atoms with Gasteiger partial charge in [0.15, 0.2) is 0 Å². The predicted molar refractivity (Wildman–Crippen MR) is 80.7 cm³/mol. The van der Waals surface area contributed by atoms with Crippen LogP contribution in [0, 0.1) is 5.92 Å². The predicted octanol–water partition coefficient (Wildman–Crippen LogP) is 2.79. The smallest absolute Gasteiger partial charge is 0.337 e. The molecule has 0 heterocycles. The van der Waals surface area contributed by atoms with Crippen LogP contribution in [0.15, 0.2) is 36.4 Å². The highest BCUT2D eigenvalue weighted by molar-refractivity contribution is 5.89. The maximum atomic E-state index is 12.3. The highest BCUT2D eigenvalue weighted by Gasteiger charge is 2.22. The molecule has 0 saturated carbocycles. The van der Waals surface area contributed by atoms with E-state index in [-0.39, 0.29) is 17.8 Å². The molecule has 112 valence electrons. The van der Waals surface area contributed by atoms with Crippen LogP contribution in [0.2, 0.25) is 0 Å². The van der Waals surface area contributed by atoms with E-state index >= 15 is 0 Å². The summed E-state index contributed by atoms with van der Waals surface area (Å²) in [7, 11) is 3.19. The number of rotatable bonds is 4. The molecule has 1 atom stereocenters. The Labute approximate surface area is 125 Å². The van der Waals surface area contributed by atoms with Crippen molar-refractivity contribution in [2.24, 2.45) is 5.92 Å². The van der Waals surface area contributed by atoms with Crippen molar-refractivity contribution in [1.82, 2.24) is 4.90 Å². The molecule has 0 N–H and O–H groups in total. The van der Waals surface area contributed by atoms with Crippen LogP contribution in [0.4, 0.5) is 0 Å². The molecule has 0 fully saturated rings. The van der Waals surface area contributed by atoms with Gasteiger partial charge in [-0.05, 0) is 37.0 Å². The van der Waals surface area contributed by atoms with Crippen molar-refractivity contribution in [3.8, 4) is 0 Å². The lowest BCUT2D eigenvalue weighted by Gasteiger charge is -2.24. The second-order valence-corrected chi connectivity index (χ2v) is 5.36. The van der Waals surface area contributed by atoms with Crippen molar-refractivity contribution in [3.63, 3.8) is 0 Å². The molecule has 21 heavy (non-hydrogen) atoms. The minimum Gasteiger partial charge on any atom is -0.465 e. The van der Waals surface area contributed by atoms with Crippen molar-refractivity contribution in [2.45, 2.75) is 25.8 Å². The summed E-state index contributed by atoms with van der Waals surface area (Å²) in [5.74, 6) is -0.0503. The summed E-state index contributed by atoms with van der Waals surface area (Å²) in [4.78, 5) is 25.5. The van der Waals surface area contributed by atoms with Crippen LogP contribution in [0.3, 0.4) is 0 Å². The second-order valence-electron chi connectivity index (χ2n) is 5.36. The zero-order valence-corrected chi connectivity index (χ0v) is 12.5. The number of benzene rings is 1. The molecule has 0 radical (unpaired) electrons. The van der Waals surface area contributed by atoms with Gasteiger partial charge in [0.1, 0.15) is 0 Å². The molecule has 0 aromatic heterocycles. The topological polar surface area (TPSA) is 46.6 Å². The van der Waals surface area contributed by atoms with E-state index in [9.17, 15) is 9.59 Å². The van der Waals surface area contributed by atoms with Gasteiger partial charge in [-0.2, -0.15) is 0 Å². The fraction of sp³-hybridized carbons (Fsp3) is 0.412. The SMILES string of the molecule is COC(=O)c1ccc(CN(C)C(=O)C2CC=CCC2)cc1. The lowest BCUT2D eigenvalue weighted by atomic mass is 9.93. The van der Waals surface area contributed by atoms with E-state index in [2.05, 4.69) is 16.9 Å². The first-order valence-electron chi connectivity index (χ1n) is 7.19. The number of allylic oxidation sites excluding steroid dienone is 2. The Hall–Kier alpha value is -2.10. The number of nitrogens with zero attached hydrogens (tertiary/aromatic N) is 1. The van der Waals surface area contributed by atoms with E-state index in [4.69, 9.17) is 0 Å². The summed E-state index contributed by atoms with van der Waals surface area (Å²) < 4.78 is 4.66. The third kappa shape index (κ3) is 3.94. The van der Waals surface area contributed by atoms with E-state index in [1.165, 1.54) is 7.11 Å². The van der Waals surface area contributed by atoms with Gasteiger partial charge in [0.05, 0.1) is 12.7 Å². The molecule has 4 nitrogen and oxygen atoms in total. The molecule has 0 aliphatic heterocycles. The molecule has 0 bridgehead atoms. The fourth-order valence-electron chi connectivity index (χ4n) is 2.55. The summed E-state index contributed by atoms with van der Waals surface area (Å²) in [5, 5.41) is 0. The molecule has 1 unspecified atom stereocenters. The van der Waals surface area contributed by atoms with Gasteiger partial charge in [0.2, 0.25) is 5.91 Å². The third-order valence-corrected chi connectivity index (χ3v) is 3.79. The van der Waals surface area contributed by atoms with E-state index in [0.717, 1.165) is 24.8 Å². The maximum Gasteiger partial charge on any atom is 0.337 e. The van der Waals surface area contributed by atoms with Crippen LogP contribution in [0.1, 0.15) is 35.2 Å². The highest BCUT2D eigenvalue weighted by Crippen LogP contribution is 2.21. The monoisotopic (exact) mass is 287 g/mol. The standard InChI is InChI=1S/C17H21NO3/c1-18(16(19)14-6-4-3-5-7-14)12-13-8-10-15(11-9-13)17(20)21-2/h3-4,8-11,14H,5-7,12H2,1-2H3. The minimum absolute atomic E-state index is 0.106. The van der Waals surface area contributed by atoms with Gasteiger partial charge in [0.25, 0.3) is 0 Å². The van der Waals surface area contributed by atoms with Gasteiger partial charge in [-0.3, -0.25) is 4.79 Å². The Morgan fingerprint density at radius 1 is 1.24 bits per heavy atom. The minimum atomic E-state index is -0.347. The van der Waals surface area contributed by atoms with Crippen LogP contribution in [-0.4, -0.2) is 30.9 Å². The van der Waals surface area contributed by atoms with Crippen LogP contribution in [0.25, 0.3) is 0 Å². The summed E-state index contributed by atoms with van der Waals surface area (Å²) >= 11 is 0. The van der Waals surface area contributed by atoms with E-state index < -0.39 is 0 Å². The molecule has 0 spiro atoms. The van der Waals surface area contributed by atoms with Crippen LogP contribution in [0.5, 0.6) is 0 Å². The summed E-state index contributed by atoms with van der Waals surface area (Å²) in [5.41, 5.74) is 1.53. The van der Waals surface area contributed by atoms with Crippen molar-refractivity contribution >= 4 is 11.9 Å². The molecule has 1 aromatic rings. The van der Waals surface area contributed by atoms with Crippen LogP contribution in [-0.2, 0) is 16.1 Å². The number of ether oxygens (including phenoxy) is 1. The number of amides is 1. The number of carbonyl (C=O) groups is 2. The van der Waals surface area contributed by atoms with E-state index in [1.807, 2.05) is 19.2 Å². The van der Waals surface area contributed by atoms with Crippen molar-refractivity contribution in [3.05, 3.63) is 47.5 Å². The molecule has 1 aliphatic rings. The fourth-order valence-corrected chi connectivity index (χ4v) is 2.55. The normalized spacial score (nSPS) is 17.3. The average Bonchev–Trinajstić information content (AvgIpc) is 2.55. The largest absolute Gasteiger partial charge is 0.465 e. The number of hydrogen-bond acceptors (Lipinski definition) is 3. The maximum absolute atomic E-state index is 12.3. The Bertz CT molecular complexity index is 533. The Kier molecular flexibility index (Phi) is 5.14. The second kappa shape index (κ2) is 7.07. The van der Waals surface area contributed by atoms with E-state index in [0.29, 0.717) is 12.1 Å². The zero-order valence-electron chi connectivity index (χ0n) is 12.5. The van der Waals surface area contributed by atoms with Gasteiger partial charge in [0, 0.05) is 19.5 Å². The molecular weight excluding hydrogens is 266 g/mol. The van der Waals surface area contributed by atoms with Crippen molar-refractivity contribution < 1.29 is 14.3 Å². The van der Waals surface area contributed by atoms with Crippen LogP contribution < -0.4 is 0 Å². The Morgan fingerprint density at radius 3 is 2.52 bits per heavy atom. The number of hydrogen-bond donors (Lipinski definition) is 0. The average molecular weight is 287 g/mol. The first-order valence-corrected chi connectivity index (χ1v) is 7.19. The summed E-state index contributed by atoms with van der Waals surface area (Å²) in [6.07, 6.45) is 6.98. The Balaban J connectivity index is 1.95. The summed E-state index contributed by atoms with van der Waals surface area (Å²) in [6, 6.07) is 7.17. The molecule has 1 aliphatic carbocycles. The zero-order chi connectivity index (χ0) is 15.2. The lowest BCUT2D eigenvalue weighted by Crippen LogP contribution is -2.32.